The van der Waals surface area contributed by atoms with Crippen LogP contribution in [-0.4, -0.2) is 14.6 Å². The first-order chi connectivity index (χ1) is 15.6. The van der Waals surface area contributed by atoms with E-state index in [0.29, 0.717) is 37.5 Å². The van der Waals surface area contributed by atoms with Crippen LogP contribution in [0.1, 0.15) is 11.1 Å². The van der Waals surface area contributed by atoms with Crippen LogP contribution in [0.3, 0.4) is 0 Å². The standard InChI is InChI=1S/C24H15Cl2N3O2S/c25-17-8-11-19(20(26)13-17)22-27-24-29(28-22)23(30)21(32-24)12-15-6-9-18(10-7-15)31-14-16-4-2-1-3-5-16/h1-13H,14H2/b21-12+. The molecule has 0 radical (unpaired) electrons. The highest BCUT2D eigenvalue weighted by molar-refractivity contribution is 7.15. The van der Waals surface area contributed by atoms with Gasteiger partial charge in [0.15, 0.2) is 5.82 Å². The van der Waals surface area contributed by atoms with E-state index in [1.54, 1.807) is 18.2 Å². The Morgan fingerprint density at radius 3 is 2.50 bits per heavy atom. The number of benzene rings is 3. The summed E-state index contributed by atoms with van der Waals surface area (Å²) in [5.74, 6) is 1.15. The van der Waals surface area contributed by atoms with Gasteiger partial charge in [-0.25, -0.2) is 0 Å². The number of hydrogen-bond acceptors (Lipinski definition) is 5. The zero-order valence-corrected chi connectivity index (χ0v) is 18.9. The molecule has 0 saturated heterocycles. The fourth-order valence-corrected chi connectivity index (χ4v) is 4.57. The summed E-state index contributed by atoms with van der Waals surface area (Å²) in [5, 5.41) is 5.30. The van der Waals surface area contributed by atoms with Crippen LogP contribution in [0, 0.1) is 0 Å². The van der Waals surface area contributed by atoms with Crippen LogP contribution < -0.4 is 14.8 Å². The smallest absolute Gasteiger partial charge is 0.291 e. The van der Waals surface area contributed by atoms with Gasteiger partial charge < -0.3 is 4.74 Å². The van der Waals surface area contributed by atoms with Gasteiger partial charge in [0.05, 0.1) is 9.55 Å². The molecule has 3 aromatic carbocycles. The number of nitrogens with zero attached hydrogens (tertiary/aromatic N) is 3. The molecule has 0 saturated carbocycles. The van der Waals surface area contributed by atoms with E-state index in [-0.39, 0.29) is 5.56 Å². The van der Waals surface area contributed by atoms with Crippen molar-refractivity contribution in [3.63, 3.8) is 0 Å². The third kappa shape index (κ3) is 4.25. The average Bonchev–Trinajstić information content (AvgIpc) is 3.33. The fraction of sp³-hybridized carbons (Fsp3) is 0.0417. The summed E-state index contributed by atoms with van der Waals surface area (Å²) in [6.45, 7) is 0.502. The van der Waals surface area contributed by atoms with Gasteiger partial charge in [0, 0.05) is 10.6 Å². The predicted molar refractivity (Wildman–Crippen MR) is 129 cm³/mol. The second-order valence-electron chi connectivity index (χ2n) is 7.01. The topological polar surface area (TPSA) is 56.5 Å². The number of halogens is 2. The van der Waals surface area contributed by atoms with Gasteiger partial charge in [-0.15, -0.1) is 5.10 Å². The van der Waals surface area contributed by atoms with Crippen molar-refractivity contribution in [2.24, 2.45) is 0 Å². The highest BCUT2D eigenvalue weighted by Gasteiger charge is 2.14. The Balaban J connectivity index is 1.38. The molecule has 5 nitrogen and oxygen atoms in total. The van der Waals surface area contributed by atoms with E-state index in [0.717, 1.165) is 16.9 Å². The molecular weight excluding hydrogens is 465 g/mol. The summed E-state index contributed by atoms with van der Waals surface area (Å²) in [7, 11) is 0. The van der Waals surface area contributed by atoms with Gasteiger partial charge in [0.1, 0.15) is 12.4 Å². The highest BCUT2D eigenvalue weighted by Crippen LogP contribution is 2.28. The summed E-state index contributed by atoms with van der Waals surface area (Å²) in [6, 6.07) is 22.6. The lowest BCUT2D eigenvalue weighted by Gasteiger charge is -2.06. The van der Waals surface area contributed by atoms with E-state index in [4.69, 9.17) is 27.9 Å². The van der Waals surface area contributed by atoms with E-state index in [1.807, 2.05) is 60.7 Å². The fourth-order valence-electron chi connectivity index (χ4n) is 3.17. The van der Waals surface area contributed by atoms with Crippen molar-refractivity contribution in [2.45, 2.75) is 6.61 Å². The van der Waals surface area contributed by atoms with Crippen LogP contribution in [0.4, 0.5) is 0 Å². The summed E-state index contributed by atoms with van der Waals surface area (Å²) in [6.07, 6.45) is 1.82. The van der Waals surface area contributed by atoms with E-state index >= 15 is 0 Å². The minimum atomic E-state index is -0.224. The normalized spacial score (nSPS) is 11.9. The summed E-state index contributed by atoms with van der Waals surface area (Å²) < 4.78 is 7.66. The summed E-state index contributed by atoms with van der Waals surface area (Å²) in [5.41, 5.74) is 2.40. The molecule has 0 N–H and O–H groups in total. The van der Waals surface area contributed by atoms with Crippen molar-refractivity contribution in [2.75, 3.05) is 0 Å². The largest absolute Gasteiger partial charge is 0.489 e. The maximum Gasteiger partial charge on any atom is 0.291 e. The monoisotopic (exact) mass is 479 g/mol. The third-order valence-corrected chi connectivity index (χ3v) is 6.29. The first kappa shape index (κ1) is 20.7. The first-order valence-corrected chi connectivity index (χ1v) is 11.3. The third-order valence-electron chi connectivity index (χ3n) is 4.78. The lowest BCUT2D eigenvalue weighted by molar-refractivity contribution is 0.306. The van der Waals surface area contributed by atoms with Crippen LogP contribution in [0.5, 0.6) is 5.75 Å². The lowest BCUT2D eigenvalue weighted by Crippen LogP contribution is -2.23. The van der Waals surface area contributed by atoms with Crippen LogP contribution in [-0.2, 0) is 6.61 Å². The number of ether oxygens (including phenoxy) is 1. The Morgan fingerprint density at radius 2 is 1.78 bits per heavy atom. The van der Waals surface area contributed by atoms with Gasteiger partial charge in [-0.1, -0.05) is 77.0 Å². The second kappa shape index (κ2) is 8.74. The van der Waals surface area contributed by atoms with E-state index < -0.39 is 0 Å². The highest BCUT2D eigenvalue weighted by atomic mass is 35.5. The van der Waals surface area contributed by atoms with Gasteiger partial charge in [-0.3, -0.25) is 4.79 Å². The molecule has 0 unspecified atom stereocenters. The Hall–Kier alpha value is -3.19. The van der Waals surface area contributed by atoms with Crippen LogP contribution in [0.15, 0.2) is 77.6 Å². The molecule has 158 valence electrons. The van der Waals surface area contributed by atoms with Crippen molar-refractivity contribution >= 4 is 45.6 Å². The molecule has 32 heavy (non-hydrogen) atoms. The minimum Gasteiger partial charge on any atom is -0.489 e. The zero-order chi connectivity index (χ0) is 22.1. The van der Waals surface area contributed by atoms with E-state index in [9.17, 15) is 4.79 Å². The molecule has 0 aliphatic rings. The average molecular weight is 480 g/mol. The number of fused-ring (bicyclic) bond motifs is 1. The van der Waals surface area contributed by atoms with Crippen molar-refractivity contribution in [3.05, 3.63) is 109 Å². The van der Waals surface area contributed by atoms with Crippen molar-refractivity contribution in [1.29, 1.82) is 0 Å². The number of hydrogen-bond donors (Lipinski definition) is 0. The summed E-state index contributed by atoms with van der Waals surface area (Å²) in [4.78, 5) is 17.8. The van der Waals surface area contributed by atoms with Crippen molar-refractivity contribution < 1.29 is 4.74 Å². The molecule has 5 rings (SSSR count). The first-order valence-electron chi connectivity index (χ1n) is 9.70. The van der Waals surface area contributed by atoms with Crippen LogP contribution in [0.2, 0.25) is 10.0 Å². The Labute approximate surface area is 197 Å². The maximum atomic E-state index is 12.8. The quantitative estimate of drug-likeness (QED) is 0.345. The second-order valence-corrected chi connectivity index (χ2v) is 8.87. The molecule has 2 heterocycles. The minimum absolute atomic E-state index is 0.224. The molecule has 0 atom stereocenters. The Bertz CT molecular complexity index is 1510. The zero-order valence-electron chi connectivity index (χ0n) is 16.5. The molecule has 5 aromatic rings. The summed E-state index contributed by atoms with van der Waals surface area (Å²) >= 11 is 13.5. The predicted octanol–water partition coefficient (Wildman–Crippen LogP) is 5.25. The number of rotatable bonds is 5. The molecule has 0 aliphatic carbocycles. The molecule has 8 heteroatoms. The molecular formula is C24H15Cl2N3O2S. The number of aromatic nitrogens is 3. The lowest BCUT2D eigenvalue weighted by atomic mass is 10.2. The van der Waals surface area contributed by atoms with Crippen molar-refractivity contribution in [1.82, 2.24) is 14.6 Å². The molecule has 0 amide bonds. The molecule has 2 aromatic heterocycles. The van der Waals surface area contributed by atoms with Crippen LogP contribution in [0.25, 0.3) is 22.4 Å². The van der Waals surface area contributed by atoms with E-state index in [1.165, 1.54) is 15.9 Å². The molecule has 0 aliphatic heterocycles. The molecule has 0 bridgehead atoms. The Kier molecular flexibility index (Phi) is 5.66. The van der Waals surface area contributed by atoms with Gasteiger partial charge in [0.2, 0.25) is 4.96 Å². The SMILES string of the molecule is O=c1/c(=C\c2ccc(OCc3ccccc3)cc2)sc2nc(-c3ccc(Cl)cc3Cl)nn12. The maximum absolute atomic E-state index is 12.8. The number of thiazole rings is 1. The van der Waals surface area contributed by atoms with Gasteiger partial charge in [-0.05, 0) is 47.5 Å². The van der Waals surface area contributed by atoms with Crippen LogP contribution >= 0.6 is 34.5 Å². The van der Waals surface area contributed by atoms with Gasteiger partial charge in [0.25, 0.3) is 5.56 Å². The Morgan fingerprint density at radius 1 is 1.00 bits per heavy atom. The van der Waals surface area contributed by atoms with Gasteiger partial charge >= 0.3 is 0 Å². The van der Waals surface area contributed by atoms with E-state index in [2.05, 4.69) is 10.1 Å². The molecule has 0 fully saturated rings. The van der Waals surface area contributed by atoms with Crippen molar-refractivity contribution in [3.8, 4) is 17.1 Å². The van der Waals surface area contributed by atoms with Gasteiger partial charge in [-0.2, -0.15) is 9.50 Å². The molecule has 0 spiro atoms.